The Morgan fingerprint density at radius 1 is 0.650 bits per heavy atom. The van der Waals surface area contributed by atoms with E-state index in [0.717, 1.165) is 27.6 Å². The molecule has 1 nitrogen and oxygen atoms in total. The molecule has 0 saturated heterocycles. The van der Waals surface area contributed by atoms with Crippen molar-refractivity contribution in [3.8, 4) is 11.1 Å². The van der Waals surface area contributed by atoms with Gasteiger partial charge < -0.3 is 5.11 Å². The molecule has 0 radical (unpaired) electrons. The van der Waals surface area contributed by atoms with Gasteiger partial charge in [-0.25, -0.2) is 0 Å². The van der Waals surface area contributed by atoms with Gasteiger partial charge in [-0.2, -0.15) is 0 Å². The zero-order chi connectivity index (χ0) is 28.8. The van der Waals surface area contributed by atoms with E-state index < -0.39 is 5.60 Å². The molecule has 40 heavy (non-hydrogen) atoms. The second-order valence-corrected chi connectivity index (χ2v) is 12.4. The third-order valence-corrected chi connectivity index (χ3v) is 8.90. The van der Waals surface area contributed by atoms with Gasteiger partial charge in [0.15, 0.2) is 0 Å². The Labute approximate surface area is 237 Å². The maximum absolute atomic E-state index is 11.5. The van der Waals surface area contributed by atoms with E-state index in [1.165, 1.54) is 76.6 Å². The highest BCUT2D eigenvalue weighted by molar-refractivity contribution is 6.38. The number of aliphatic hydroxyl groups is 1. The van der Waals surface area contributed by atoms with Gasteiger partial charge in [0.25, 0.3) is 0 Å². The highest BCUT2D eigenvalue weighted by Crippen LogP contribution is 2.51. The van der Waals surface area contributed by atoms with Crippen molar-refractivity contribution in [2.24, 2.45) is 0 Å². The lowest BCUT2D eigenvalue weighted by Gasteiger charge is -2.28. The van der Waals surface area contributed by atoms with E-state index in [9.17, 15) is 5.11 Å². The molecule has 1 N–H and O–H groups in total. The van der Waals surface area contributed by atoms with Crippen LogP contribution in [0.25, 0.3) is 65.9 Å². The first kappa shape index (κ1) is 26.3. The number of aryl methyl sites for hydroxylation is 5. The number of hydrogen-bond acceptors (Lipinski definition) is 1. The van der Waals surface area contributed by atoms with Crippen molar-refractivity contribution in [1.29, 1.82) is 0 Å². The van der Waals surface area contributed by atoms with Crippen molar-refractivity contribution >= 4 is 54.7 Å². The van der Waals surface area contributed by atoms with Gasteiger partial charge in [-0.15, -0.1) is 0 Å². The SMILES string of the molecule is C=Cc1cc(C(C)(C)O)c2c(C(=C)C)cc(C)c3c4c(C)cc(-c5ccccc5C)c5c(C)cc(C)c(c1c23)c54. The van der Waals surface area contributed by atoms with Crippen LogP contribution in [-0.4, -0.2) is 5.11 Å². The molecular formula is C39H38O. The van der Waals surface area contributed by atoms with Crippen molar-refractivity contribution in [3.05, 3.63) is 106 Å². The van der Waals surface area contributed by atoms with Gasteiger partial charge in [-0.1, -0.05) is 67.3 Å². The number of allylic oxidation sites excluding steroid dienone is 1. The molecule has 0 aromatic heterocycles. The molecule has 6 aromatic carbocycles. The fourth-order valence-corrected chi connectivity index (χ4v) is 7.24. The van der Waals surface area contributed by atoms with Crippen LogP contribution in [0, 0.1) is 34.6 Å². The lowest BCUT2D eigenvalue weighted by Crippen LogP contribution is -2.17. The molecule has 0 atom stereocenters. The third-order valence-electron chi connectivity index (χ3n) is 8.90. The molecule has 0 aliphatic carbocycles. The molecular weight excluding hydrogens is 484 g/mol. The van der Waals surface area contributed by atoms with Gasteiger partial charge in [0.05, 0.1) is 5.60 Å². The lowest BCUT2D eigenvalue weighted by molar-refractivity contribution is 0.0802. The fraction of sp³-hybridized carbons (Fsp3) is 0.231. The summed E-state index contributed by atoms with van der Waals surface area (Å²) in [6.07, 6.45) is 1.96. The lowest BCUT2D eigenvalue weighted by atomic mass is 9.76. The zero-order valence-corrected chi connectivity index (χ0v) is 25.1. The molecule has 6 aromatic rings. The smallest absolute Gasteiger partial charge is 0.0846 e. The normalized spacial score (nSPS) is 12.3. The average molecular weight is 523 g/mol. The zero-order valence-electron chi connectivity index (χ0n) is 25.1. The highest BCUT2D eigenvalue weighted by Gasteiger charge is 2.28. The van der Waals surface area contributed by atoms with E-state index in [1.807, 2.05) is 19.9 Å². The standard InChI is InChI=1S/C39H38O/c1-11-26-19-30(39(9,10)40)36-28(20(2)3)17-24(7)33-32-25(8)18-29(27-15-13-12-14-21(27)4)31-22(5)16-23(6)34(37(31)32)35(26)38(33)36/h11-19,40H,1-2H2,3-10H3. The van der Waals surface area contributed by atoms with Crippen LogP contribution in [0.3, 0.4) is 0 Å². The molecule has 0 saturated carbocycles. The Balaban J connectivity index is 2.06. The fourth-order valence-electron chi connectivity index (χ4n) is 7.24. The van der Waals surface area contributed by atoms with Crippen molar-refractivity contribution in [3.63, 3.8) is 0 Å². The first-order valence-corrected chi connectivity index (χ1v) is 14.2. The monoisotopic (exact) mass is 522 g/mol. The summed E-state index contributed by atoms with van der Waals surface area (Å²) in [4.78, 5) is 0. The number of hydrogen-bond donors (Lipinski definition) is 1. The van der Waals surface area contributed by atoms with Crippen LogP contribution in [0.15, 0.2) is 61.7 Å². The van der Waals surface area contributed by atoms with Gasteiger partial charge in [-0.05, 0) is 160 Å². The van der Waals surface area contributed by atoms with E-state index in [-0.39, 0.29) is 0 Å². The molecule has 6 rings (SSSR count). The van der Waals surface area contributed by atoms with Crippen LogP contribution in [0.2, 0.25) is 0 Å². The van der Waals surface area contributed by atoms with Gasteiger partial charge in [-0.3, -0.25) is 0 Å². The Morgan fingerprint density at radius 3 is 1.80 bits per heavy atom. The number of fused-ring (bicyclic) bond motifs is 2. The quantitative estimate of drug-likeness (QED) is 0.180. The molecule has 0 aliphatic heterocycles. The van der Waals surface area contributed by atoms with Crippen LogP contribution in [-0.2, 0) is 5.60 Å². The highest BCUT2D eigenvalue weighted by atomic mass is 16.3. The average Bonchev–Trinajstić information content (AvgIpc) is 2.88. The summed E-state index contributed by atoms with van der Waals surface area (Å²) in [5.74, 6) is 0. The summed E-state index contributed by atoms with van der Waals surface area (Å²) in [6, 6.07) is 17.9. The van der Waals surface area contributed by atoms with Crippen LogP contribution in [0.5, 0.6) is 0 Å². The number of rotatable bonds is 4. The first-order chi connectivity index (χ1) is 18.9. The van der Waals surface area contributed by atoms with Crippen LogP contribution in [0.4, 0.5) is 0 Å². The van der Waals surface area contributed by atoms with E-state index in [0.29, 0.717) is 0 Å². The minimum atomic E-state index is -1.03. The third kappa shape index (κ3) is 3.50. The maximum atomic E-state index is 11.5. The molecule has 0 aliphatic rings. The van der Waals surface area contributed by atoms with Gasteiger partial charge in [0.2, 0.25) is 0 Å². The summed E-state index contributed by atoms with van der Waals surface area (Å²) in [6.45, 7) is 25.6. The van der Waals surface area contributed by atoms with Crippen LogP contribution in [0.1, 0.15) is 65.3 Å². The van der Waals surface area contributed by atoms with Gasteiger partial charge in [0.1, 0.15) is 0 Å². The van der Waals surface area contributed by atoms with E-state index in [2.05, 4.69) is 103 Å². The van der Waals surface area contributed by atoms with Crippen molar-refractivity contribution in [2.75, 3.05) is 0 Å². The summed E-state index contributed by atoms with van der Waals surface area (Å²) < 4.78 is 0. The van der Waals surface area contributed by atoms with E-state index in [4.69, 9.17) is 0 Å². The van der Waals surface area contributed by atoms with Crippen LogP contribution >= 0.6 is 0 Å². The Morgan fingerprint density at radius 2 is 1.20 bits per heavy atom. The Bertz CT molecular complexity index is 2060. The second-order valence-electron chi connectivity index (χ2n) is 12.4. The molecule has 200 valence electrons. The van der Waals surface area contributed by atoms with Gasteiger partial charge in [0, 0.05) is 0 Å². The molecule has 0 unspecified atom stereocenters. The van der Waals surface area contributed by atoms with E-state index in [1.54, 1.807) is 0 Å². The molecule has 0 fully saturated rings. The molecule has 0 bridgehead atoms. The maximum Gasteiger partial charge on any atom is 0.0846 e. The minimum absolute atomic E-state index is 0.916. The predicted octanol–water partition coefficient (Wildman–Crippen LogP) is 10.8. The van der Waals surface area contributed by atoms with Crippen LogP contribution < -0.4 is 0 Å². The van der Waals surface area contributed by atoms with Crippen molar-refractivity contribution in [2.45, 2.75) is 61.0 Å². The topological polar surface area (TPSA) is 20.2 Å². The molecule has 0 spiro atoms. The Kier molecular flexibility index (Phi) is 5.77. The van der Waals surface area contributed by atoms with Gasteiger partial charge >= 0.3 is 0 Å². The summed E-state index contributed by atoms with van der Waals surface area (Å²) in [5, 5.41) is 21.5. The van der Waals surface area contributed by atoms with E-state index >= 15 is 0 Å². The number of benzene rings is 6. The Hall–Kier alpha value is -3.94. The summed E-state index contributed by atoms with van der Waals surface area (Å²) in [5.41, 5.74) is 11.9. The minimum Gasteiger partial charge on any atom is -0.386 e. The first-order valence-electron chi connectivity index (χ1n) is 14.2. The summed E-state index contributed by atoms with van der Waals surface area (Å²) >= 11 is 0. The predicted molar refractivity (Wildman–Crippen MR) is 177 cm³/mol. The molecule has 1 heteroatoms. The second kappa shape index (κ2) is 8.78. The largest absolute Gasteiger partial charge is 0.386 e. The molecule has 0 amide bonds. The van der Waals surface area contributed by atoms with Crippen molar-refractivity contribution in [1.82, 2.24) is 0 Å². The van der Waals surface area contributed by atoms with Crippen molar-refractivity contribution < 1.29 is 5.11 Å². The molecule has 0 heterocycles. The summed E-state index contributed by atoms with van der Waals surface area (Å²) in [7, 11) is 0.